The van der Waals surface area contributed by atoms with Crippen LogP contribution in [0.4, 0.5) is 0 Å². The zero-order chi connectivity index (χ0) is 16.4. The Morgan fingerprint density at radius 2 is 1.87 bits per heavy atom. The van der Waals surface area contributed by atoms with Crippen molar-refractivity contribution in [3.8, 4) is 17.2 Å². The highest BCUT2D eigenvalue weighted by atomic mass is 79.9. The van der Waals surface area contributed by atoms with Crippen LogP contribution in [-0.4, -0.2) is 18.2 Å². The summed E-state index contributed by atoms with van der Waals surface area (Å²) < 4.78 is 11.5. The zero-order valence-electron chi connectivity index (χ0n) is 12.2. The van der Waals surface area contributed by atoms with Gasteiger partial charge < -0.3 is 14.6 Å². The van der Waals surface area contributed by atoms with Crippen LogP contribution in [0.3, 0.4) is 0 Å². The van der Waals surface area contributed by atoms with E-state index in [9.17, 15) is 9.90 Å². The van der Waals surface area contributed by atoms with Crippen LogP contribution < -0.4 is 4.74 Å². The molecule has 0 aliphatic carbocycles. The summed E-state index contributed by atoms with van der Waals surface area (Å²) in [6.45, 7) is 0. The van der Waals surface area contributed by atoms with Gasteiger partial charge in [-0.3, -0.25) is 0 Å². The molecule has 1 N–H and O–H groups in total. The minimum atomic E-state index is -0.467. The van der Waals surface area contributed by atoms with E-state index < -0.39 is 5.97 Å². The third kappa shape index (κ3) is 3.14. The maximum atomic E-state index is 11.9. The van der Waals surface area contributed by atoms with E-state index in [2.05, 4.69) is 15.9 Å². The van der Waals surface area contributed by atoms with Crippen LogP contribution in [0.2, 0.25) is 0 Å². The third-order valence-electron chi connectivity index (χ3n) is 3.39. The van der Waals surface area contributed by atoms with E-state index in [0.29, 0.717) is 17.1 Å². The van der Waals surface area contributed by atoms with Crippen molar-refractivity contribution in [2.24, 2.45) is 0 Å². The maximum Gasteiger partial charge on any atom is 0.341 e. The summed E-state index contributed by atoms with van der Waals surface area (Å²) >= 11 is 3.37. The Kier molecular flexibility index (Phi) is 4.21. The highest BCUT2D eigenvalue weighted by molar-refractivity contribution is 9.10. The Morgan fingerprint density at radius 1 is 1.04 bits per heavy atom. The van der Waals surface area contributed by atoms with Crippen molar-refractivity contribution in [3.05, 3.63) is 64.6 Å². The van der Waals surface area contributed by atoms with E-state index in [0.717, 1.165) is 15.2 Å². The molecule has 3 aromatic carbocycles. The fourth-order valence-corrected chi connectivity index (χ4v) is 2.65. The van der Waals surface area contributed by atoms with Crippen molar-refractivity contribution in [2.45, 2.75) is 0 Å². The van der Waals surface area contributed by atoms with Gasteiger partial charge in [0.15, 0.2) is 0 Å². The zero-order valence-corrected chi connectivity index (χ0v) is 13.8. The number of methoxy groups -OCH3 is 1. The normalized spacial score (nSPS) is 10.5. The van der Waals surface area contributed by atoms with Crippen LogP contribution in [0.5, 0.6) is 17.2 Å². The van der Waals surface area contributed by atoms with E-state index in [1.54, 1.807) is 42.5 Å². The SMILES string of the molecule is COC(=O)c1ccc(Br)cc1Oc1cccc2cc(O)ccc12. The number of rotatable bonds is 3. The molecule has 3 rings (SSSR count). The molecule has 0 spiro atoms. The molecule has 4 nitrogen and oxygen atoms in total. The average Bonchev–Trinajstić information content (AvgIpc) is 2.54. The Bertz CT molecular complexity index is 889. The van der Waals surface area contributed by atoms with Gasteiger partial charge >= 0.3 is 5.97 Å². The number of phenols is 1. The Labute approximate surface area is 141 Å². The molecule has 0 aliphatic heterocycles. The number of carbonyl (C=O) groups is 1. The first-order valence-electron chi connectivity index (χ1n) is 6.86. The number of ether oxygens (including phenoxy) is 2. The first kappa shape index (κ1) is 15.4. The fraction of sp³-hybridized carbons (Fsp3) is 0.0556. The van der Waals surface area contributed by atoms with Gasteiger partial charge in [-0.1, -0.05) is 28.1 Å². The van der Waals surface area contributed by atoms with Gasteiger partial charge in [0, 0.05) is 9.86 Å². The van der Waals surface area contributed by atoms with E-state index in [1.165, 1.54) is 7.11 Å². The minimum Gasteiger partial charge on any atom is -0.508 e. The van der Waals surface area contributed by atoms with Gasteiger partial charge in [0.1, 0.15) is 22.8 Å². The molecule has 0 aliphatic rings. The molecule has 0 saturated carbocycles. The third-order valence-corrected chi connectivity index (χ3v) is 3.89. The van der Waals surface area contributed by atoms with Crippen molar-refractivity contribution in [1.29, 1.82) is 0 Å². The van der Waals surface area contributed by atoms with Crippen LogP contribution in [-0.2, 0) is 4.74 Å². The number of benzene rings is 3. The standard InChI is InChI=1S/C18H13BrO4/c1-22-18(21)15-7-5-12(19)10-17(15)23-16-4-2-3-11-9-13(20)6-8-14(11)16/h2-10,20H,1H3. The van der Waals surface area contributed by atoms with Gasteiger partial charge in [-0.2, -0.15) is 0 Å². The smallest absolute Gasteiger partial charge is 0.341 e. The number of carbonyl (C=O) groups excluding carboxylic acids is 1. The molecular formula is C18H13BrO4. The van der Waals surface area contributed by atoms with E-state index >= 15 is 0 Å². The molecule has 0 fully saturated rings. The highest BCUT2D eigenvalue weighted by Crippen LogP contribution is 2.34. The summed E-state index contributed by atoms with van der Waals surface area (Å²) in [6.07, 6.45) is 0. The monoisotopic (exact) mass is 372 g/mol. The van der Waals surface area contributed by atoms with Crippen molar-refractivity contribution < 1.29 is 19.4 Å². The summed E-state index contributed by atoms with van der Waals surface area (Å²) in [5.74, 6) is 0.704. The second kappa shape index (κ2) is 6.30. The van der Waals surface area contributed by atoms with Crippen LogP contribution in [0, 0.1) is 0 Å². The van der Waals surface area contributed by atoms with Crippen molar-refractivity contribution in [2.75, 3.05) is 7.11 Å². The summed E-state index contributed by atoms with van der Waals surface area (Å²) in [6, 6.07) is 15.6. The van der Waals surface area contributed by atoms with Crippen molar-refractivity contribution in [1.82, 2.24) is 0 Å². The van der Waals surface area contributed by atoms with Gasteiger partial charge in [-0.25, -0.2) is 4.79 Å². The van der Waals surface area contributed by atoms with Crippen LogP contribution in [0.25, 0.3) is 10.8 Å². The highest BCUT2D eigenvalue weighted by Gasteiger charge is 2.15. The summed E-state index contributed by atoms with van der Waals surface area (Å²) in [5, 5.41) is 11.3. The topological polar surface area (TPSA) is 55.8 Å². The Morgan fingerprint density at radius 3 is 2.65 bits per heavy atom. The number of halogens is 1. The minimum absolute atomic E-state index is 0.187. The summed E-state index contributed by atoms with van der Waals surface area (Å²) in [7, 11) is 1.33. The number of aromatic hydroxyl groups is 1. The van der Waals surface area contributed by atoms with Crippen molar-refractivity contribution >= 4 is 32.7 Å². The fourth-order valence-electron chi connectivity index (χ4n) is 2.31. The van der Waals surface area contributed by atoms with E-state index in [4.69, 9.17) is 9.47 Å². The molecule has 23 heavy (non-hydrogen) atoms. The lowest BCUT2D eigenvalue weighted by atomic mass is 10.1. The van der Waals surface area contributed by atoms with Crippen LogP contribution in [0.1, 0.15) is 10.4 Å². The maximum absolute atomic E-state index is 11.9. The molecule has 0 bridgehead atoms. The molecule has 0 aromatic heterocycles. The molecule has 0 unspecified atom stereocenters. The van der Waals surface area contributed by atoms with E-state index in [1.807, 2.05) is 12.1 Å². The van der Waals surface area contributed by atoms with Crippen LogP contribution >= 0.6 is 15.9 Å². The quantitative estimate of drug-likeness (QED) is 0.665. The Hall–Kier alpha value is -2.53. The molecule has 0 radical (unpaired) electrons. The number of esters is 1. The lowest BCUT2D eigenvalue weighted by molar-refractivity contribution is 0.0598. The second-order valence-corrected chi connectivity index (χ2v) is 5.81. The molecule has 0 heterocycles. The van der Waals surface area contributed by atoms with Gasteiger partial charge in [0.05, 0.1) is 7.11 Å². The van der Waals surface area contributed by atoms with E-state index in [-0.39, 0.29) is 5.75 Å². The van der Waals surface area contributed by atoms with Gasteiger partial charge in [-0.05, 0) is 47.9 Å². The predicted molar refractivity (Wildman–Crippen MR) is 91.2 cm³/mol. The molecule has 0 saturated heterocycles. The number of fused-ring (bicyclic) bond motifs is 1. The molecule has 0 amide bonds. The molecular weight excluding hydrogens is 360 g/mol. The van der Waals surface area contributed by atoms with Gasteiger partial charge in [-0.15, -0.1) is 0 Å². The Balaban J connectivity index is 2.09. The average molecular weight is 373 g/mol. The number of phenolic OH excluding ortho intramolecular Hbond substituents is 1. The summed E-state index contributed by atoms with van der Waals surface area (Å²) in [4.78, 5) is 11.9. The number of hydrogen-bond donors (Lipinski definition) is 1. The summed E-state index contributed by atoms with van der Waals surface area (Å²) in [5.41, 5.74) is 0.339. The van der Waals surface area contributed by atoms with Gasteiger partial charge in [0.2, 0.25) is 0 Å². The molecule has 0 atom stereocenters. The molecule has 3 aromatic rings. The second-order valence-electron chi connectivity index (χ2n) is 4.90. The first-order chi connectivity index (χ1) is 11.1. The predicted octanol–water partition coefficient (Wildman–Crippen LogP) is 4.89. The lowest BCUT2D eigenvalue weighted by Gasteiger charge is -2.12. The first-order valence-corrected chi connectivity index (χ1v) is 7.65. The lowest BCUT2D eigenvalue weighted by Crippen LogP contribution is -2.03. The largest absolute Gasteiger partial charge is 0.508 e. The van der Waals surface area contributed by atoms with Gasteiger partial charge in [0.25, 0.3) is 0 Å². The molecule has 5 heteroatoms. The number of hydrogen-bond acceptors (Lipinski definition) is 4. The molecule has 116 valence electrons. The van der Waals surface area contributed by atoms with Crippen molar-refractivity contribution in [3.63, 3.8) is 0 Å². The van der Waals surface area contributed by atoms with Crippen LogP contribution in [0.15, 0.2) is 59.1 Å².